The number of hydrogen-bond acceptors (Lipinski definition) is 4. The molecule has 3 aromatic rings. The third kappa shape index (κ3) is 6.70. The second kappa shape index (κ2) is 11.2. The number of ether oxygens (including phenoxy) is 2. The van der Waals surface area contributed by atoms with Gasteiger partial charge in [0.25, 0.3) is 5.91 Å². The van der Waals surface area contributed by atoms with Crippen molar-refractivity contribution in [2.24, 2.45) is 4.99 Å². The van der Waals surface area contributed by atoms with Crippen molar-refractivity contribution in [3.05, 3.63) is 80.4 Å². The molecule has 0 saturated carbocycles. The number of para-hydroxylation sites is 1. The van der Waals surface area contributed by atoms with Crippen LogP contribution in [0.3, 0.4) is 0 Å². The predicted octanol–water partition coefficient (Wildman–Crippen LogP) is 6.42. The van der Waals surface area contributed by atoms with Gasteiger partial charge >= 0.3 is 0 Å². The zero-order valence-electron chi connectivity index (χ0n) is 17.2. The van der Waals surface area contributed by atoms with Gasteiger partial charge < -0.3 is 14.8 Å². The van der Waals surface area contributed by atoms with Crippen LogP contribution in [0, 0.1) is 10.5 Å². The summed E-state index contributed by atoms with van der Waals surface area (Å²) in [5.74, 6) is 0.845. The largest absolute Gasteiger partial charge is 0.490 e. The second-order valence-corrected chi connectivity index (χ2v) is 8.23. The highest BCUT2D eigenvalue weighted by Gasteiger charge is 2.14. The first-order chi connectivity index (χ1) is 15.0. The number of aryl methyl sites for hydroxylation is 1. The molecular formula is C24H22ClIN2O3. The molecule has 1 N–H and O–H groups in total. The number of aliphatic imine (C=N–C) groups is 1. The van der Waals surface area contributed by atoms with Crippen LogP contribution >= 0.6 is 34.2 Å². The van der Waals surface area contributed by atoms with Crippen molar-refractivity contribution < 1.29 is 14.3 Å². The van der Waals surface area contributed by atoms with E-state index in [-0.39, 0.29) is 12.5 Å². The first-order valence-electron chi connectivity index (χ1n) is 9.70. The standard InChI is InChI=1S/C24H22ClIN2O3/c1-3-30-22-12-17(14-27-19-10-9-16(2)20(25)13-19)11-21(26)24(22)31-15-23(29)28-18-7-5-4-6-8-18/h4-14H,3,15H2,1-2H3,(H,28,29). The molecular weight excluding hydrogens is 527 g/mol. The Morgan fingerprint density at radius 3 is 2.61 bits per heavy atom. The Hall–Kier alpha value is -2.58. The summed E-state index contributed by atoms with van der Waals surface area (Å²) in [6.45, 7) is 4.19. The van der Waals surface area contributed by atoms with Gasteiger partial charge in [-0.25, -0.2) is 0 Å². The van der Waals surface area contributed by atoms with Crippen molar-refractivity contribution in [1.82, 2.24) is 0 Å². The Morgan fingerprint density at radius 1 is 1.13 bits per heavy atom. The molecule has 5 nitrogen and oxygen atoms in total. The van der Waals surface area contributed by atoms with Gasteiger partial charge in [-0.1, -0.05) is 35.9 Å². The van der Waals surface area contributed by atoms with E-state index >= 15 is 0 Å². The summed E-state index contributed by atoms with van der Waals surface area (Å²) in [6, 6.07) is 18.7. The van der Waals surface area contributed by atoms with Gasteiger partial charge in [0.1, 0.15) is 0 Å². The van der Waals surface area contributed by atoms with Crippen molar-refractivity contribution >= 4 is 57.7 Å². The lowest BCUT2D eigenvalue weighted by Gasteiger charge is -2.14. The molecule has 3 rings (SSSR count). The number of anilines is 1. The van der Waals surface area contributed by atoms with E-state index in [9.17, 15) is 4.79 Å². The summed E-state index contributed by atoms with van der Waals surface area (Å²) in [5, 5.41) is 3.48. The Balaban J connectivity index is 1.74. The quantitative estimate of drug-likeness (QED) is 0.261. The van der Waals surface area contributed by atoms with Crippen molar-refractivity contribution in [1.29, 1.82) is 0 Å². The van der Waals surface area contributed by atoms with Gasteiger partial charge in [0.15, 0.2) is 18.1 Å². The lowest BCUT2D eigenvalue weighted by Crippen LogP contribution is -2.20. The molecule has 0 aromatic heterocycles. The Bertz CT molecular complexity index is 1090. The summed E-state index contributed by atoms with van der Waals surface area (Å²) in [4.78, 5) is 16.7. The predicted molar refractivity (Wildman–Crippen MR) is 134 cm³/mol. The molecule has 0 fully saturated rings. The summed E-state index contributed by atoms with van der Waals surface area (Å²) in [5.41, 5.74) is 3.34. The van der Waals surface area contributed by atoms with Gasteiger partial charge in [-0.05, 0) is 84.0 Å². The van der Waals surface area contributed by atoms with Crippen LogP contribution in [0.2, 0.25) is 5.02 Å². The Kier molecular flexibility index (Phi) is 8.31. The number of nitrogens with zero attached hydrogens (tertiary/aromatic N) is 1. The molecule has 0 unspecified atom stereocenters. The van der Waals surface area contributed by atoms with E-state index in [2.05, 4.69) is 32.9 Å². The lowest BCUT2D eigenvalue weighted by molar-refractivity contribution is -0.118. The average Bonchev–Trinajstić information content (AvgIpc) is 2.75. The maximum Gasteiger partial charge on any atom is 0.262 e. The van der Waals surface area contributed by atoms with Crippen molar-refractivity contribution in [2.75, 3.05) is 18.5 Å². The summed E-state index contributed by atoms with van der Waals surface area (Å²) in [6.07, 6.45) is 1.75. The van der Waals surface area contributed by atoms with Gasteiger partial charge in [-0.3, -0.25) is 9.79 Å². The van der Waals surface area contributed by atoms with E-state index in [1.807, 2.05) is 74.5 Å². The number of benzene rings is 3. The zero-order valence-corrected chi connectivity index (χ0v) is 20.1. The molecule has 0 aliphatic carbocycles. The van der Waals surface area contributed by atoms with Crippen LogP contribution < -0.4 is 14.8 Å². The number of carbonyl (C=O) groups excluding carboxylic acids is 1. The van der Waals surface area contributed by atoms with E-state index in [1.54, 1.807) is 6.21 Å². The van der Waals surface area contributed by atoms with Crippen LogP contribution in [0.1, 0.15) is 18.1 Å². The minimum absolute atomic E-state index is 0.125. The fourth-order valence-electron chi connectivity index (χ4n) is 2.73. The third-order valence-electron chi connectivity index (χ3n) is 4.25. The van der Waals surface area contributed by atoms with E-state index in [0.717, 1.165) is 26.1 Å². The molecule has 0 atom stereocenters. The molecule has 3 aromatic carbocycles. The normalized spacial score (nSPS) is 10.8. The second-order valence-electron chi connectivity index (χ2n) is 6.66. The van der Waals surface area contributed by atoms with Crippen LogP contribution in [0.15, 0.2) is 65.7 Å². The summed E-state index contributed by atoms with van der Waals surface area (Å²) >= 11 is 8.34. The van der Waals surface area contributed by atoms with E-state index < -0.39 is 0 Å². The van der Waals surface area contributed by atoms with Gasteiger partial charge in [0, 0.05) is 16.9 Å². The van der Waals surface area contributed by atoms with Crippen LogP contribution in [0.4, 0.5) is 11.4 Å². The van der Waals surface area contributed by atoms with E-state index in [0.29, 0.717) is 23.1 Å². The number of nitrogens with one attached hydrogen (secondary N) is 1. The number of halogens is 2. The molecule has 0 aliphatic rings. The molecule has 0 heterocycles. The summed E-state index contributed by atoms with van der Waals surface area (Å²) in [7, 11) is 0. The highest BCUT2D eigenvalue weighted by molar-refractivity contribution is 14.1. The van der Waals surface area contributed by atoms with Crippen LogP contribution in [-0.4, -0.2) is 25.3 Å². The smallest absolute Gasteiger partial charge is 0.262 e. The van der Waals surface area contributed by atoms with E-state index in [1.165, 1.54) is 0 Å². The van der Waals surface area contributed by atoms with Crippen LogP contribution in [0.25, 0.3) is 0 Å². The van der Waals surface area contributed by atoms with Crippen LogP contribution in [-0.2, 0) is 4.79 Å². The fraction of sp³-hybridized carbons (Fsp3) is 0.167. The first kappa shape index (κ1) is 23.1. The summed E-state index contributed by atoms with van der Waals surface area (Å²) < 4.78 is 12.4. The highest BCUT2D eigenvalue weighted by atomic mass is 127. The molecule has 7 heteroatoms. The number of hydrogen-bond donors (Lipinski definition) is 1. The molecule has 1 amide bonds. The number of rotatable bonds is 8. The first-order valence-corrected chi connectivity index (χ1v) is 11.2. The Labute approximate surface area is 200 Å². The van der Waals surface area contributed by atoms with Crippen molar-refractivity contribution in [3.63, 3.8) is 0 Å². The molecule has 0 spiro atoms. The number of amides is 1. The van der Waals surface area contributed by atoms with Gasteiger partial charge in [0.05, 0.1) is 15.9 Å². The molecule has 0 radical (unpaired) electrons. The van der Waals surface area contributed by atoms with Gasteiger partial charge in [-0.2, -0.15) is 0 Å². The monoisotopic (exact) mass is 548 g/mol. The molecule has 31 heavy (non-hydrogen) atoms. The van der Waals surface area contributed by atoms with Crippen molar-refractivity contribution in [3.8, 4) is 11.5 Å². The zero-order chi connectivity index (χ0) is 22.2. The van der Waals surface area contributed by atoms with Gasteiger partial charge in [0.2, 0.25) is 0 Å². The maximum atomic E-state index is 12.2. The van der Waals surface area contributed by atoms with Gasteiger partial charge in [-0.15, -0.1) is 0 Å². The molecule has 0 aliphatic heterocycles. The van der Waals surface area contributed by atoms with Crippen LogP contribution in [0.5, 0.6) is 11.5 Å². The third-order valence-corrected chi connectivity index (χ3v) is 5.46. The number of carbonyl (C=O) groups is 1. The SMILES string of the molecule is CCOc1cc(C=Nc2ccc(C)c(Cl)c2)cc(I)c1OCC(=O)Nc1ccccc1. The lowest BCUT2D eigenvalue weighted by atomic mass is 10.2. The van der Waals surface area contributed by atoms with E-state index in [4.69, 9.17) is 21.1 Å². The highest BCUT2D eigenvalue weighted by Crippen LogP contribution is 2.34. The Morgan fingerprint density at radius 2 is 1.90 bits per heavy atom. The molecule has 160 valence electrons. The topological polar surface area (TPSA) is 59.9 Å². The van der Waals surface area contributed by atoms with Crippen molar-refractivity contribution in [2.45, 2.75) is 13.8 Å². The average molecular weight is 549 g/mol. The molecule has 0 saturated heterocycles. The minimum Gasteiger partial charge on any atom is -0.490 e. The maximum absolute atomic E-state index is 12.2. The minimum atomic E-state index is -0.244. The fourth-order valence-corrected chi connectivity index (χ4v) is 3.69. The molecule has 0 bridgehead atoms.